The molecule has 0 amide bonds. The number of nitrogens with one attached hydrogen (secondary N) is 2. The lowest BCUT2D eigenvalue weighted by atomic mass is 9.73. The van der Waals surface area contributed by atoms with Crippen molar-refractivity contribution < 1.29 is 4.74 Å². The van der Waals surface area contributed by atoms with Gasteiger partial charge in [-0.25, -0.2) is 0 Å². The number of aliphatic imine (C=N–C) groups is 1. The molecular weight excluding hydrogens is 350 g/mol. The van der Waals surface area contributed by atoms with Crippen molar-refractivity contribution in [3.63, 3.8) is 0 Å². The largest absolute Gasteiger partial charge is 0.379 e. The summed E-state index contributed by atoms with van der Waals surface area (Å²) in [5.74, 6) is 1.63. The first-order chi connectivity index (χ1) is 13.5. The fourth-order valence-electron chi connectivity index (χ4n) is 5.18. The minimum absolute atomic E-state index is 0.373. The molecule has 2 aliphatic heterocycles. The first kappa shape index (κ1) is 21.8. The fraction of sp³-hybridized carbons (Fsp3) is 0.955. The van der Waals surface area contributed by atoms with Crippen LogP contribution in [0.1, 0.15) is 52.9 Å². The minimum atomic E-state index is 0.373. The van der Waals surface area contributed by atoms with Crippen LogP contribution < -0.4 is 10.6 Å². The predicted molar refractivity (Wildman–Crippen MR) is 117 cm³/mol. The normalized spacial score (nSPS) is 30.0. The molecule has 1 aliphatic carbocycles. The highest BCUT2D eigenvalue weighted by Gasteiger charge is 2.35. The van der Waals surface area contributed by atoms with Crippen molar-refractivity contribution in [2.75, 3.05) is 59.5 Å². The summed E-state index contributed by atoms with van der Waals surface area (Å²) < 4.78 is 5.56. The summed E-state index contributed by atoms with van der Waals surface area (Å²) in [6, 6.07) is 1.10. The molecule has 2 N–H and O–H groups in total. The molecule has 0 aromatic rings. The summed E-state index contributed by atoms with van der Waals surface area (Å²) in [6.45, 7) is 15.4. The van der Waals surface area contributed by atoms with E-state index in [1.54, 1.807) is 0 Å². The van der Waals surface area contributed by atoms with E-state index in [4.69, 9.17) is 4.74 Å². The van der Waals surface area contributed by atoms with Crippen LogP contribution in [0.3, 0.4) is 0 Å². The number of guanidine groups is 1. The van der Waals surface area contributed by atoms with E-state index >= 15 is 0 Å². The molecule has 2 heterocycles. The number of nitrogens with zero attached hydrogens (tertiary/aromatic N) is 3. The summed E-state index contributed by atoms with van der Waals surface area (Å²) in [5, 5.41) is 7.45. The first-order valence-electron chi connectivity index (χ1n) is 11.5. The fourth-order valence-corrected chi connectivity index (χ4v) is 5.18. The Morgan fingerprint density at radius 3 is 2.46 bits per heavy atom. The average molecular weight is 394 g/mol. The predicted octanol–water partition coefficient (Wildman–Crippen LogP) is 2.16. The van der Waals surface area contributed by atoms with Gasteiger partial charge in [0, 0.05) is 63.8 Å². The third-order valence-electron chi connectivity index (χ3n) is 7.12. The van der Waals surface area contributed by atoms with Crippen LogP contribution >= 0.6 is 0 Å². The van der Waals surface area contributed by atoms with Gasteiger partial charge in [-0.15, -0.1) is 0 Å². The van der Waals surface area contributed by atoms with Gasteiger partial charge < -0.3 is 15.4 Å². The number of hydrogen-bond acceptors (Lipinski definition) is 4. The highest BCUT2D eigenvalue weighted by Crippen LogP contribution is 2.36. The molecule has 0 spiro atoms. The van der Waals surface area contributed by atoms with Crippen LogP contribution in [-0.4, -0.2) is 87.4 Å². The topological polar surface area (TPSA) is 52.1 Å². The SMILES string of the molecule is CN=C(NCC1(CN2CCOCC2)CCCCC1)NC1CN(C(C)C)CC1C. The molecular formula is C22H43N5O. The molecule has 3 fully saturated rings. The van der Waals surface area contributed by atoms with Gasteiger partial charge in [-0.1, -0.05) is 26.2 Å². The van der Waals surface area contributed by atoms with E-state index in [-0.39, 0.29) is 0 Å². The lowest BCUT2D eigenvalue weighted by molar-refractivity contribution is 0.00819. The molecule has 6 nitrogen and oxygen atoms in total. The Bertz CT molecular complexity index is 497. The van der Waals surface area contributed by atoms with Crippen molar-refractivity contribution in [3.05, 3.63) is 0 Å². The highest BCUT2D eigenvalue weighted by molar-refractivity contribution is 5.80. The van der Waals surface area contributed by atoms with Crippen molar-refractivity contribution in [1.29, 1.82) is 0 Å². The summed E-state index contributed by atoms with van der Waals surface area (Å²) in [7, 11) is 1.91. The zero-order valence-electron chi connectivity index (χ0n) is 18.7. The third kappa shape index (κ3) is 5.83. The average Bonchev–Trinajstić information content (AvgIpc) is 3.07. The van der Waals surface area contributed by atoms with Crippen LogP contribution in [0.15, 0.2) is 4.99 Å². The van der Waals surface area contributed by atoms with Gasteiger partial charge in [0.1, 0.15) is 0 Å². The summed E-state index contributed by atoms with van der Waals surface area (Å²) in [6.07, 6.45) is 6.77. The molecule has 0 bridgehead atoms. The van der Waals surface area contributed by atoms with E-state index in [9.17, 15) is 0 Å². The molecule has 0 aromatic heterocycles. The standard InChI is InChI=1S/C22H43N5O/c1-18(2)27-14-19(3)20(15-27)25-21(23-4)24-16-22(8-6-5-7-9-22)17-26-10-12-28-13-11-26/h18-20H,5-17H2,1-4H3,(H2,23,24,25). The van der Waals surface area contributed by atoms with E-state index in [0.717, 1.165) is 45.4 Å². The van der Waals surface area contributed by atoms with Crippen LogP contribution in [0.25, 0.3) is 0 Å². The van der Waals surface area contributed by atoms with Gasteiger partial charge in [0.15, 0.2) is 5.96 Å². The Morgan fingerprint density at radius 2 is 1.86 bits per heavy atom. The number of likely N-dealkylation sites (tertiary alicyclic amines) is 1. The summed E-state index contributed by atoms with van der Waals surface area (Å²) in [4.78, 5) is 9.74. The van der Waals surface area contributed by atoms with E-state index in [1.807, 2.05) is 7.05 Å². The molecule has 6 heteroatoms. The van der Waals surface area contributed by atoms with Crippen molar-refractivity contribution in [2.45, 2.75) is 65.0 Å². The van der Waals surface area contributed by atoms with Crippen LogP contribution in [-0.2, 0) is 4.74 Å². The van der Waals surface area contributed by atoms with E-state index in [2.05, 4.69) is 46.2 Å². The van der Waals surface area contributed by atoms with Gasteiger partial charge in [-0.2, -0.15) is 0 Å². The molecule has 0 aromatic carbocycles. The lowest BCUT2D eigenvalue weighted by Gasteiger charge is -2.42. The quantitative estimate of drug-likeness (QED) is 0.535. The maximum atomic E-state index is 5.56. The Balaban J connectivity index is 1.55. The lowest BCUT2D eigenvalue weighted by Crippen LogP contribution is -2.53. The molecule has 1 saturated carbocycles. The number of rotatable bonds is 6. The Morgan fingerprint density at radius 1 is 1.14 bits per heavy atom. The van der Waals surface area contributed by atoms with Crippen molar-refractivity contribution >= 4 is 5.96 Å². The second-order valence-electron chi connectivity index (χ2n) is 9.65. The van der Waals surface area contributed by atoms with Crippen LogP contribution in [0.4, 0.5) is 0 Å². The number of ether oxygens (including phenoxy) is 1. The van der Waals surface area contributed by atoms with Gasteiger partial charge in [0.2, 0.25) is 0 Å². The number of morpholine rings is 1. The monoisotopic (exact) mass is 393 g/mol. The second kappa shape index (κ2) is 10.3. The smallest absolute Gasteiger partial charge is 0.191 e. The van der Waals surface area contributed by atoms with Gasteiger partial charge in [0.05, 0.1) is 13.2 Å². The molecule has 162 valence electrons. The van der Waals surface area contributed by atoms with Gasteiger partial charge >= 0.3 is 0 Å². The maximum absolute atomic E-state index is 5.56. The Hall–Kier alpha value is -0.850. The third-order valence-corrected chi connectivity index (χ3v) is 7.12. The summed E-state index contributed by atoms with van der Waals surface area (Å²) >= 11 is 0. The number of hydrogen-bond donors (Lipinski definition) is 2. The maximum Gasteiger partial charge on any atom is 0.191 e. The van der Waals surface area contributed by atoms with E-state index < -0.39 is 0 Å². The Kier molecular flexibility index (Phi) is 8.01. The first-order valence-corrected chi connectivity index (χ1v) is 11.5. The van der Waals surface area contributed by atoms with E-state index in [0.29, 0.717) is 23.4 Å². The van der Waals surface area contributed by atoms with Crippen LogP contribution in [0.2, 0.25) is 0 Å². The van der Waals surface area contributed by atoms with Crippen molar-refractivity contribution in [3.8, 4) is 0 Å². The van der Waals surface area contributed by atoms with Gasteiger partial charge in [-0.3, -0.25) is 14.8 Å². The molecule has 3 rings (SSSR count). The molecule has 3 aliphatic rings. The zero-order valence-corrected chi connectivity index (χ0v) is 18.7. The highest BCUT2D eigenvalue weighted by atomic mass is 16.5. The van der Waals surface area contributed by atoms with E-state index in [1.165, 1.54) is 45.2 Å². The van der Waals surface area contributed by atoms with Gasteiger partial charge in [-0.05, 0) is 32.6 Å². The molecule has 2 saturated heterocycles. The molecule has 28 heavy (non-hydrogen) atoms. The molecule has 2 unspecified atom stereocenters. The van der Waals surface area contributed by atoms with Crippen molar-refractivity contribution in [2.24, 2.45) is 16.3 Å². The Labute approximate surface area is 172 Å². The van der Waals surface area contributed by atoms with Crippen molar-refractivity contribution in [1.82, 2.24) is 20.4 Å². The second-order valence-corrected chi connectivity index (χ2v) is 9.65. The molecule has 2 atom stereocenters. The zero-order chi connectivity index (χ0) is 20.0. The van der Waals surface area contributed by atoms with Crippen LogP contribution in [0, 0.1) is 11.3 Å². The van der Waals surface area contributed by atoms with Gasteiger partial charge in [0.25, 0.3) is 0 Å². The minimum Gasteiger partial charge on any atom is -0.379 e. The molecule has 0 radical (unpaired) electrons. The summed E-state index contributed by atoms with van der Waals surface area (Å²) in [5.41, 5.74) is 0.373. The van der Waals surface area contributed by atoms with Crippen LogP contribution in [0.5, 0.6) is 0 Å².